The van der Waals surface area contributed by atoms with Gasteiger partial charge in [0.2, 0.25) is 5.43 Å². The Morgan fingerprint density at radius 3 is 2.53 bits per heavy atom. The van der Waals surface area contributed by atoms with E-state index in [1.165, 1.54) is 6.07 Å². The molecule has 8 heteroatoms. The molecule has 0 fully saturated rings. The number of nitrogens with zero attached hydrogens (tertiary/aromatic N) is 2. The lowest BCUT2D eigenvalue weighted by Gasteiger charge is -2.21. The van der Waals surface area contributed by atoms with Crippen LogP contribution < -0.4 is 20.2 Å². The summed E-state index contributed by atoms with van der Waals surface area (Å²) in [6.45, 7) is 4.57. The fraction of sp³-hybridized carbons (Fsp3) is 0.227. The molecule has 1 aliphatic heterocycles. The van der Waals surface area contributed by atoms with E-state index in [9.17, 15) is 9.59 Å². The Kier molecular flexibility index (Phi) is 5.46. The van der Waals surface area contributed by atoms with Crippen molar-refractivity contribution in [3.63, 3.8) is 0 Å². The molecule has 0 saturated carbocycles. The van der Waals surface area contributed by atoms with Crippen LogP contribution in [0.4, 0.5) is 0 Å². The molecule has 7 nitrogen and oxygen atoms in total. The summed E-state index contributed by atoms with van der Waals surface area (Å²) in [5, 5.41) is 7.71. The number of aromatic nitrogens is 2. The van der Waals surface area contributed by atoms with Crippen LogP contribution in [0.5, 0.6) is 11.5 Å². The molecule has 4 rings (SSSR count). The van der Waals surface area contributed by atoms with Crippen LogP contribution in [0.25, 0.3) is 5.69 Å². The maximum Gasteiger partial charge on any atom is 0.276 e. The maximum absolute atomic E-state index is 12.8. The Hall–Kier alpha value is -3.32. The summed E-state index contributed by atoms with van der Waals surface area (Å²) in [5.74, 6) is 0.762. The van der Waals surface area contributed by atoms with Gasteiger partial charge in [-0.1, -0.05) is 17.7 Å². The van der Waals surface area contributed by atoms with Gasteiger partial charge in [-0.25, -0.2) is 4.68 Å². The lowest BCUT2D eigenvalue weighted by atomic mass is 10.1. The number of ether oxygens (including phenoxy) is 2. The molecule has 1 N–H and O–H groups in total. The van der Waals surface area contributed by atoms with Crippen LogP contribution in [0.2, 0.25) is 5.02 Å². The number of hydrogen-bond acceptors (Lipinski definition) is 5. The van der Waals surface area contributed by atoms with Crippen molar-refractivity contribution < 1.29 is 14.3 Å². The SMILES string of the molecule is Cc1cc(=O)c(C(=O)NC(C)c2ccc3c(c2)OCCO3)nn1-c1ccc(Cl)cc1. The summed E-state index contributed by atoms with van der Waals surface area (Å²) in [4.78, 5) is 25.3. The molecular formula is C22H20ClN3O4. The van der Waals surface area contributed by atoms with Gasteiger partial charge in [-0.3, -0.25) is 9.59 Å². The van der Waals surface area contributed by atoms with Crippen molar-refractivity contribution in [1.29, 1.82) is 0 Å². The second-order valence-corrected chi connectivity index (χ2v) is 7.42. The minimum absolute atomic E-state index is 0.181. The van der Waals surface area contributed by atoms with Gasteiger partial charge in [-0.05, 0) is 55.8 Å². The molecule has 2 aromatic carbocycles. The summed E-state index contributed by atoms with van der Waals surface area (Å²) in [6, 6.07) is 13.5. The van der Waals surface area contributed by atoms with Crippen LogP contribution in [0.15, 0.2) is 53.3 Å². The van der Waals surface area contributed by atoms with E-state index < -0.39 is 11.3 Å². The van der Waals surface area contributed by atoms with Gasteiger partial charge in [-0.2, -0.15) is 5.10 Å². The van der Waals surface area contributed by atoms with E-state index in [1.807, 2.05) is 25.1 Å². The van der Waals surface area contributed by atoms with Crippen LogP contribution >= 0.6 is 11.6 Å². The quantitative estimate of drug-likeness (QED) is 0.692. The number of nitrogens with one attached hydrogen (secondary N) is 1. The molecule has 2 heterocycles. The van der Waals surface area contributed by atoms with Crippen molar-refractivity contribution in [2.45, 2.75) is 19.9 Å². The predicted molar refractivity (Wildman–Crippen MR) is 113 cm³/mol. The zero-order chi connectivity index (χ0) is 21.3. The summed E-state index contributed by atoms with van der Waals surface area (Å²) >= 11 is 5.95. The molecular weight excluding hydrogens is 406 g/mol. The zero-order valence-electron chi connectivity index (χ0n) is 16.5. The lowest BCUT2D eigenvalue weighted by Crippen LogP contribution is -2.33. The highest BCUT2D eigenvalue weighted by Crippen LogP contribution is 2.32. The number of carbonyl (C=O) groups is 1. The minimum Gasteiger partial charge on any atom is -0.486 e. The molecule has 1 unspecified atom stereocenters. The first-order valence-corrected chi connectivity index (χ1v) is 9.87. The standard InChI is InChI=1S/C22H20ClN3O4/c1-13-11-18(27)21(25-26(13)17-6-4-16(23)5-7-17)22(28)24-14(2)15-3-8-19-20(12-15)30-10-9-29-19/h3-8,11-12,14H,9-10H2,1-2H3,(H,24,28). The van der Waals surface area contributed by atoms with Gasteiger partial charge >= 0.3 is 0 Å². The second-order valence-electron chi connectivity index (χ2n) is 6.99. The Balaban J connectivity index is 1.59. The van der Waals surface area contributed by atoms with Crippen molar-refractivity contribution in [1.82, 2.24) is 15.1 Å². The number of carbonyl (C=O) groups excluding carboxylic acids is 1. The van der Waals surface area contributed by atoms with Gasteiger partial charge < -0.3 is 14.8 Å². The van der Waals surface area contributed by atoms with Gasteiger partial charge in [0.15, 0.2) is 17.2 Å². The summed E-state index contributed by atoms with van der Waals surface area (Å²) in [5.41, 5.74) is 1.52. The molecule has 1 aromatic heterocycles. The van der Waals surface area contributed by atoms with Crippen LogP contribution in [0.3, 0.4) is 0 Å². The first-order valence-electron chi connectivity index (χ1n) is 9.50. The highest BCUT2D eigenvalue weighted by atomic mass is 35.5. The van der Waals surface area contributed by atoms with Crippen LogP contribution in [0.1, 0.15) is 34.7 Å². The average molecular weight is 426 g/mol. The van der Waals surface area contributed by atoms with Crippen LogP contribution in [-0.4, -0.2) is 28.9 Å². The molecule has 1 atom stereocenters. The second kappa shape index (κ2) is 8.20. The molecule has 0 saturated heterocycles. The van der Waals surface area contributed by atoms with E-state index in [-0.39, 0.29) is 11.7 Å². The molecule has 154 valence electrons. The monoisotopic (exact) mass is 425 g/mol. The minimum atomic E-state index is -0.551. The Bertz CT molecular complexity index is 1160. The van der Waals surface area contributed by atoms with E-state index in [0.29, 0.717) is 41.1 Å². The van der Waals surface area contributed by atoms with Crippen molar-refractivity contribution >= 4 is 17.5 Å². The highest BCUT2D eigenvalue weighted by Gasteiger charge is 2.20. The average Bonchev–Trinajstić information content (AvgIpc) is 2.74. The number of fused-ring (bicyclic) bond motifs is 1. The summed E-state index contributed by atoms with van der Waals surface area (Å²) in [6.07, 6.45) is 0. The third kappa shape index (κ3) is 4.02. The van der Waals surface area contributed by atoms with Crippen molar-refractivity contribution in [2.75, 3.05) is 13.2 Å². The third-order valence-corrected chi connectivity index (χ3v) is 5.06. The highest BCUT2D eigenvalue weighted by molar-refractivity contribution is 6.30. The van der Waals surface area contributed by atoms with E-state index in [1.54, 1.807) is 35.9 Å². The summed E-state index contributed by atoms with van der Waals surface area (Å²) < 4.78 is 12.7. The van der Waals surface area contributed by atoms with Gasteiger partial charge in [0, 0.05) is 16.8 Å². The van der Waals surface area contributed by atoms with Crippen LogP contribution in [-0.2, 0) is 0 Å². The van der Waals surface area contributed by atoms with Crippen LogP contribution in [0, 0.1) is 6.92 Å². The maximum atomic E-state index is 12.8. The number of halogens is 1. The molecule has 3 aromatic rings. The fourth-order valence-corrected chi connectivity index (χ4v) is 3.35. The smallest absolute Gasteiger partial charge is 0.276 e. The van der Waals surface area contributed by atoms with Gasteiger partial charge in [0.05, 0.1) is 11.7 Å². The van der Waals surface area contributed by atoms with E-state index in [2.05, 4.69) is 10.4 Å². The Morgan fingerprint density at radius 1 is 1.10 bits per heavy atom. The largest absolute Gasteiger partial charge is 0.486 e. The lowest BCUT2D eigenvalue weighted by molar-refractivity contribution is 0.0931. The molecule has 0 spiro atoms. The Labute approximate surface area is 178 Å². The normalized spacial score (nSPS) is 13.6. The van der Waals surface area contributed by atoms with Gasteiger partial charge in [0.1, 0.15) is 13.2 Å². The predicted octanol–water partition coefficient (Wildman–Crippen LogP) is 3.46. The van der Waals surface area contributed by atoms with Crippen molar-refractivity contribution in [2.24, 2.45) is 0 Å². The molecule has 0 aliphatic carbocycles. The number of amides is 1. The number of aryl methyl sites for hydroxylation is 1. The van der Waals surface area contributed by atoms with Crippen molar-refractivity contribution in [3.05, 3.63) is 80.7 Å². The Morgan fingerprint density at radius 2 is 1.80 bits per heavy atom. The number of benzene rings is 2. The van der Waals surface area contributed by atoms with E-state index in [4.69, 9.17) is 21.1 Å². The van der Waals surface area contributed by atoms with Crippen molar-refractivity contribution in [3.8, 4) is 17.2 Å². The first-order chi connectivity index (χ1) is 14.4. The molecule has 30 heavy (non-hydrogen) atoms. The third-order valence-electron chi connectivity index (χ3n) is 4.81. The number of hydrogen-bond donors (Lipinski definition) is 1. The fourth-order valence-electron chi connectivity index (χ4n) is 3.23. The molecule has 1 amide bonds. The summed E-state index contributed by atoms with van der Waals surface area (Å²) in [7, 11) is 0. The molecule has 0 bridgehead atoms. The van der Waals surface area contributed by atoms with Gasteiger partial charge in [0.25, 0.3) is 5.91 Å². The topological polar surface area (TPSA) is 82.5 Å². The molecule has 0 radical (unpaired) electrons. The molecule has 1 aliphatic rings. The van der Waals surface area contributed by atoms with E-state index in [0.717, 1.165) is 5.56 Å². The van der Waals surface area contributed by atoms with Gasteiger partial charge in [-0.15, -0.1) is 0 Å². The van der Waals surface area contributed by atoms with E-state index >= 15 is 0 Å². The first kappa shape index (κ1) is 20.0. The number of rotatable bonds is 4. The zero-order valence-corrected chi connectivity index (χ0v) is 17.3.